The van der Waals surface area contributed by atoms with Gasteiger partial charge in [0.05, 0.1) is 6.61 Å². The van der Waals surface area contributed by atoms with Gasteiger partial charge in [-0.05, 0) is 41.8 Å². The topological polar surface area (TPSA) is 50.4 Å². The molecule has 1 amide bonds. The molecule has 0 saturated carbocycles. The zero-order valence-electron chi connectivity index (χ0n) is 19.8. The summed E-state index contributed by atoms with van der Waals surface area (Å²) in [5.41, 5.74) is 5.50. The highest BCUT2D eigenvalue weighted by atomic mass is 35.5. The lowest BCUT2D eigenvalue weighted by Crippen LogP contribution is -2.24. The van der Waals surface area contributed by atoms with Crippen LogP contribution in [-0.4, -0.2) is 12.5 Å². The quantitative estimate of drug-likeness (QED) is 0.174. The van der Waals surface area contributed by atoms with Crippen LogP contribution in [0.2, 0.25) is 10.0 Å². The van der Waals surface area contributed by atoms with Gasteiger partial charge in [-0.1, -0.05) is 106 Å². The Bertz CT molecular complexity index is 812. The molecule has 33 heavy (non-hydrogen) atoms. The Morgan fingerprint density at radius 3 is 2.12 bits per heavy atom. The predicted molar refractivity (Wildman–Crippen MR) is 139 cm³/mol. The molecule has 6 heteroatoms. The van der Waals surface area contributed by atoms with Crippen molar-refractivity contribution >= 4 is 29.1 Å². The number of hydroxylamine groups is 1. The van der Waals surface area contributed by atoms with Crippen molar-refractivity contribution in [3.63, 3.8) is 0 Å². The van der Waals surface area contributed by atoms with Gasteiger partial charge in [0.25, 0.3) is 5.91 Å². The Labute approximate surface area is 209 Å². The van der Waals surface area contributed by atoms with Crippen LogP contribution in [0.1, 0.15) is 92.6 Å². The maximum Gasteiger partial charge on any atom is 0.251 e. The molecule has 4 nitrogen and oxygen atoms in total. The Balaban J connectivity index is 1.53. The number of amides is 1. The van der Waals surface area contributed by atoms with Crippen molar-refractivity contribution in [3.8, 4) is 0 Å². The van der Waals surface area contributed by atoms with Gasteiger partial charge in [0.2, 0.25) is 0 Å². The molecule has 0 aliphatic heterocycles. The van der Waals surface area contributed by atoms with E-state index in [2.05, 4.69) is 17.7 Å². The van der Waals surface area contributed by atoms with E-state index in [0.717, 1.165) is 24.1 Å². The number of halogens is 2. The fourth-order valence-electron chi connectivity index (χ4n) is 3.59. The van der Waals surface area contributed by atoms with Crippen molar-refractivity contribution < 1.29 is 9.63 Å². The molecule has 0 atom stereocenters. The van der Waals surface area contributed by atoms with Crippen molar-refractivity contribution in [1.29, 1.82) is 0 Å². The molecule has 2 aromatic rings. The first-order valence-corrected chi connectivity index (χ1v) is 13.0. The summed E-state index contributed by atoms with van der Waals surface area (Å²) in [6.45, 7) is 3.87. The highest BCUT2D eigenvalue weighted by Gasteiger charge is 2.05. The fraction of sp³-hybridized carbons (Fsp3) is 0.519. The highest BCUT2D eigenvalue weighted by Crippen LogP contribution is 2.21. The zero-order chi connectivity index (χ0) is 23.7. The van der Waals surface area contributed by atoms with Crippen LogP contribution in [0.5, 0.6) is 0 Å². The minimum absolute atomic E-state index is 0.0148. The van der Waals surface area contributed by atoms with Crippen LogP contribution in [-0.2, 0) is 18.0 Å². The number of nitrogens with one attached hydrogen (secondary N) is 2. The second-order valence-corrected chi connectivity index (χ2v) is 9.32. The van der Waals surface area contributed by atoms with E-state index in [1.807, 2.05) is 30.3 Å². The molecule has 182 valence electrons. The third kappa shape index (κ3) is 11.9. The smallest absolute Gasteiger partial charge is 0.251 e. The molecule has 0 spiro atoms. The second kappa shape index (κ2) is 16.9. The minimum atomic E-state index is -0.0148. The summed E-state index contributed by atoms with van der Waals surface area (Å²) in [7, 11) is 0. The molecule has 0 radical (unpaired) electrons. The molecule has 0 heterocycles. The van der Waals surface area contributed by atoms with Gasteiger partial charge in [-0.2, -0.15) is 5.48 Å². The van der Waals surface area contributed by atoms with Crippen molar-refractivity contribution in [2.45, 2.75) is 84.3 Å². The fourth-order valence-corrected chi connectivity index (χ4v) is 4.06. The molecule has 2 N–H and O–H groups in total. The maximum atomic E-state index is 12.3. The van der Waals surface area contributed by atoms with Crippen LogP contribution in [0.15, 0.2) is 42.5 Å². The van der Waals surface area contributed by atoms with Crippen LogP contribution in [0.3, 0.4) is 0 Å². The van der Waals surface area contributed by atoms with Crippen LogP contribution in [0.4, 0.5) is 0 Å². The van der Waals surface area contributed by atoms with Gasteiger partial charge in [0.1, 0.15) is 0 Å². The first-order chi connectivity index (χ1) is 16.1. The normalized spacial score (nSPS) is 11.0. The van der Waals surface area contributed by atoms with Gasteiger partial charge >= 0.3 is 0 Å². The van der Waals surface area contributed by atoms with E-state index < -0.39 is 0 Å². The summed E-state index contributed by atoms with van der Waals surface area (Å²) in [5, 5.41) is 4.20. The Morgan fingerprint density at radius 2 is 1.48 bits per heavy atom. The number of carbonyl (C=O) groups is 1. The largest absolute Gasteiger partial charge is 0.352 e. The van der Waals surface area contributed by atoms with Gasteiger partial charge in [-0.3, -0.25) is 9.63 Å². The number of carbonyl (C=O) groups excluding carboxylic acids is 1. The van der Waals surface area contributed by atoms with E-state index in [1.54, 1.807) is 12.1 Å². The van der Waals surface area contributed by atoms with Crippen molar-refractivity contribution in [3.05, 3.63) is 69.2 Å². The van der Waals surface area contributed by atoms with E-state index in [4.69, 9.17) is 28.0 Å². The van der Waals surface area contributed by atoms with Gasteiger partial charge in [-0.25, -0.2) is 0 Å². The molecule has 0 bridgehead atoms. The summed E-state index contributed by atoms with van der Waals surface area (Å²) in [4.78, 5) is 17.8. The summed E-state index contributed by atoms with van der Waals surface area (Å²) >= 11 is 12.0. The van der Waals surface area contributed by atoms with Gasteiger partial charge in [0.15, 0.2) is 0 Å². The molecule has 0 saturated heterocycles. The number of hydrogen-bond donors (Lipinski definition) is 2. The summed E-state index contributed by atoms with van der Waals surface area (Å²) in [5.74, 6) is -0.0148. The van der Waals surface area contributed by atoms with Crippen molar-refractivity contribution in [2.24, 2.45) is 0 Å². The summed E-state index contributed by atoms with van der Waals surface area (Å²) < 4.78 is 0. The zero-order valence-corrected chi connectivity index (χ0v) is 21.3. The standard InChI is InChI=1S/C27H38Cl2N2O2/c1-2-3-4-5-6-7-8-9-10-11-18-30-27(32)23-14-12-22(13-15-23)20-31-33-21-24-16-17-25(28)19-26(24)29/h12-17,19,31H,2-11,18,20-21H2,1H3,(H,30,32). The molecule has 0 aliphatic rings. The molecular formula is C27H38Cl2N2O2. The Morgan fingerprint density at radius 1 is 0.848 bits per heavy atom. The molecule has 0 fully saturated rings. The SMILES string of the molecule is CCCCCCCCCCCCNC(=O)c1ccc(CNOCc2ccc(Cl)cc2Cl)cc1. The number of rotatable bonds is 17. The molecule has 0 aromatic heterocycles. The second-order valence-electron chi connectivity index (χ2n) is 8.48. The number of unbranched alkanes of at least 4 members (excludes halogenated alkanes) is 9. The van der Waals surface area contributed by atoms with Crippen LogP contribution >= 0.6 is 23.2 Å². The maximum absolute atomic E-state index is 12.3. The summed E-state index contributed by atoms with van der Waals surface area (Å²) in [6, 6.07) is 12.9. The van der Waals surface area contributed by atoms with E-state index in [1.165, 1.54) is 57.8 Å². The van der Waals surface area contributed by atoms with E-state index in [9.17, 15) is 4.79 Å². The van der Waals surface area contributed by atoms with Crippen molar-refractivity contribution in [1.82, 2.24) is 10.8 Å². The third-order valence-electron chi connectivity index (χ3n) is 5.65. The first-order valence-electron chi connectivity index (χ1n) is 12.3. The lowest BCUT2D eigenvalue weighted by Gasteiger charge is -2.09. The Hall–Kier alpha value is -1.59. The molecule has 0 unspecified atom stereocenters. The van der Waals surface area contributed by atoms with E-state index in [-0.39, 0.29) is 5.91 Å². The number of benzene rings is 2. The summed E-state index contributed by atoms with van der Waals surface area (Å²) in [6.07, 6.45) is 12.9. The van der Waals surface area contributed by atoms with Crippen LogP contribution in [0, 0.1) is 0 Å². The van der Waals surface area contributed by atoms with Crippen LogP contribution < -0.4 is 10.8 Å². The molecule has 2 rings (SSSR count). The van der Waals surface area contributed by atoms with Gasteiger partial charge in [0, 0.05) is 28.7 Å². The lowest BCUT2D eigenvalue weighted by atomic mass is 10.1. The third-order valence-corrected chi connectivity index (χ3v) is 6.24. The van der Waals surface area contributed by atoms with Crippen LogP contribution in [0.25, 0.3) is 0 Å². The van der Waals surface area contributed by atoms with E-state index in [0.29, 0.717) is 28.8 Å². The average Bonchev–Trinajstić information content (AvgIpc) is 2.81. The van der Waals surface area contributed by atoms with Gasteiger partial charge in [-0.15, -0.1) is 0 Å². The Kier molecular flexibility index (Phi) is 14.2. The molecule has 0 aliphatic carbocycles. The minimum Gasteiger partial charge on any atom is -0.352 e. The predicted octanol–water partition coefficient (Wildman–Crippen LogP) is 7.87. The van der Waals surface area contributed by atoms with Crippen molar-refractivity contribution in [2.75, 3.05) is 6.54 Å². The molecular weight excluding hydrogens is 455 g/mol. The highest BCUT2D eigenvalue weighted by molar-refractivity contribution is 6.35. The average molecular weight is 494 g/mol. The first kappa shape index (κ1) is 27.7. The molecule has 2 aromatic carbocycles. The number of hydrogen-bond acceptors (Lipinski definition) is 3. The monoisotopic (exact) mass is 492 g/mol. The lowest BCUT2D eigenvalue weighted by molar-refractivity contribution is 0.0235. The van der Waals surface area contributed by atoms with Gasteiger partial charge < -0.3 is 5.32 Å². The van der Waals surface area contributed by atoms with E-state index >= 15 is 0 Å².